The maximum atomic E-state index is 5.47. The highest BCUT2D eigenvalue weighted by Crippen LogP contribution is 2.27. The van der Waals surface area contributed by atoms with Gasteiger partial charge in [0.05, 0.1) is 5.69 Å². The predicted octanol–water partition coefficient (Wildman–Crippen LogP) is 2.99. The van der Waals surface area contributed by atoms with E-state index in [0.29, 0.717) is 0 Å². The number of hydrogen-bond donors (Lipinski definition) is 1. The SMILES string of the molecule is Cc1nc(N)oc1-c1cccc(Br)c1. The maximum Gasteiger partial charge on any atom is 0.292 e. The zero-order chi connectivity index (χ0) is 10.1. The normalized spacial score (nSPS) is 10.4. The molecule has 2 rings (SSSR count). The summed E-state index contributed by atoms with van der Waals surface area (Å²) in [7, 11) is 0. The van der Waals surface area contributed by atoms with Gasteiger partial charge in [0, 0.05) is 10.0 Å². The summed E-state index contributed by atoms with van der Waals surface area (Å²) in [6, 6.07) is 8.03. The van der Waals surface area contributed by atoms with Crippen LogP contribution in [0.25, 0.3) is 11.3 Å². The zero-order valence-corrected chi connectivity index (χ0v) is 9.21. The Morgan fingerprint density at radius 2 is 2.21 bits per heavy atom. The standard InChI is InChI=1S/C10H9BrN2O/c1-6-9(14-10(12)13-6)7-3-2-4-8(11)5-7/h2-5H,1H3,(H2,12,13). The summed E-state index contributed by atoms with van der Waals surface area (Å²) < 4.78 is 6.31. The van der Waals surface area contributed by atoms with Crippen LogP contribution in [0.5, 0.6) is 0 Å². The quantitative estimate of drug-likeness (QED) is 0.849. The highest BCUT2D eigenvalue weighted by Gasteiger charge is 2.09. The Balaban J connectivity index is 2.54. The Morgan fingerprint density at radius 1 is 1.43 bits per heavy atom. The van der Waals surface area contributed by atoms with Gasteiger partial charge in [0.25, 0.3) is 6.01 Å². The average molecular weight is 253 g/mol. The molecule has 0 unspecified atom stereocenters. The van der Waals surface area contributed by atoms with Crippen molar-refractivity contribution in [3.05, 3.63) is 34.4 Å². The molecule has 1 aromatic heterocycles. The van der Waals surface area contributed by atoms with Crippen LogP contribution in [0.15, 0.2) is 33.2 Å². The molecule has 0 spiro atoms. The third-order valence-electron chi connectivity index (χ3n) is 1.90. The second-order valence-electron chi connectivity index (χ2n) is 2.98. The van der Waals surface area contributed by atoms with E-state index in [9.17, 15) is 0 Å². The summed E-state index contributed by atoms with van der Waals surface area (Å²) in [5.41, 5.74) is 7.24. The molecule has 1 heterocycles. The Labute approximate surface area is 90.1 Å². The van der Waals surface area contributed by atoms with Crippen LogP contribution in [0.2, 0.25) is 0 Å². The van der Waals surface area contributed by atoms with Gasteiger partial charge in [-0.15, -0.1) is 0 Å². The lowest BCUT2D eigenvalue weighted by Crippen LogP contribution is -1.81. The van der Waals surface area contributed by atoms with Crippen LogP contribution in [0.4, 0.5) is 6.01 Å². The summed E-state index contributed by atoms with van der Waals surface area (Å²) in [5.74, 6) is 0.726. The van der Waals surface area contributed by atoms with E-state index >= 15 is 0 Å². The lowest BCUT2D eigenvalue weighted by atomic mass is 10.1. The van der Waals surface area contributed by atoms with Crippen LogP contribution >= 0.6 is 15.9 Å². The highest BCUT2D eigenvalue weighted by atomic mass is 79.9. The van der Waals surface area contributed by atoms with E-state index in [-0.39, 0.29) is 6.01 Å². The van der Waals surface area contributed by atoms with Gasteiger partial charge in [-0.1, -0.05) is 28.1 Å². The van der Waals surface area contributed by atoms with Gasteiger partial charge in [0.2, 0.25) is 0 Å². The van der Waals surface area contributed by atoms with E-state index in [0.717, 1.165) is 21.5 Å². The molecule has 2 aromatic rings. The molecule has 0 aliphatic carbocycles. The number of nitrogens with zero attached hydrogens (tertiary/aromatic N) is 1. The van der Waals surface area contributed by atoms with Gasteiger partial charge in [-0.2, -0.15) is 4.98 Å². The first kappa shape index (κ1) is 9.27. The fourth-order valence-electron chi connectivity index (χ4n) is 1.31. The van der Waals surface area contributed by atoms with Crippen LogP contribution < -0.4 is 5.73 Å². The lowest BCUT2D eigenvalue weighted by molar-refractivity contribution is 0.594. The summed E-state index contributed by atoms with van der Waals surface area (Å²) in [6.07, 6.45) is 0. The van der Waals surface area contributed by atoms with Crippen LogP contribution in [-0.4, -0.2) is 4.98 Å². The zero-order valence-electron chi connectivity index (χ0n) is 7.62. The largest absolute Gasteiger partial charge is 0.423 e. The number of anilines is 1. The Hall–Kier alpha value is -1.29. The highest BCUT2D eigenvalue weighted by molar-refractivity contribution is 9.10. The molecular formula is C10H9BrN2O. The second kappa shape index (κ2) is 3.46. The van der Waals surface area contributed by atoms with Crippen molar-refractivity contribution in [3.63, 3.8) is 0 Å². The van der Waals surface area contributed by atoms with E-state index < -0.39 is 0 Å². The molecule has 0 fully saturated rings. The molecule has 2 N–H and O–H groups in total. The number of nitrogen functional groups attached to an aromatic ring is 1. The van der Waals surface area contributed by atoms with Gasteiger partial charge in [-0.3, -0.25) is 0 Å². The minimum absolute atomic E-state index is 0.206. The van der Waals surface area contributed by atoms with Crippen molar-refractivity contribution in [3.8, 4) is 11.3 Å². The average Bonchev–Trinajstić information content (AvgIpc) is 2.45. The number of aromatic nitrogens is 1. The van der Waals surface area contributed by atoms with Gasteiger partial charge in [0.15, 0.2) is 5.76 Å². The van der Waals surface area contributed by atoms with Crippen molar-refractivity contribution in [1.82, 2.24) is 4.98 Å². The van der Waals surface area contributed by atoms with E-state index in [1.165, 1.54) is 0 Å². The van der Waals surface area contributed by atoms with Gasteiger partial charge < -0.3 is 10.2 Å². The van der Waals surface area contributed by atoms with Crippen LogP contribution in [0, 0.1) is 6.92 Å². The summed E-state index contributed by atoms with van der Waals surface area (Å²) in [5, 5.41) is 0. The molecule has 14 heavy (non-hydrogen) atoms. The third-order valence-corrected chi connectivity index (χ3v) is 2.39. The molecule has 1 aromatic carbocycles. The summed E-state index contributed by atoms with van der Waals surface area (Å²) in [6.45, 7) is 1.87. The minimum atomic E-state index is 0.206. The van der Waals surface area contributed by atoms with Crippen molar-refractivity contribution in [2.24, 2.45) is 0 Å². The number of halogens is 1. The van der Waals surface area contributed by atoms with E-state index in [2.05, 4.69) is 20.9 Å². The monoisotopic (exact) mass is 252 g/mol. The van der Waals surface area contributed by atoms with Crippen LogP contribution in [-0.2, 0) is 0 Å². The predicted molar refractivity (Wildman–Crippen MR) is 58.8 cm³/mol. The van der Waals surface area contributed by atoms with Crippen molar-refractivity contribution < 1.29 is 4.42 Å². The van der Waals surface area contributed by atoms with Crippen molar-refractivity contribution >= 4 is 21.9 Å². The molecule has 0 amide bonds. The smallest absolute Gasteiger partial charge is 0.292 e. The molecule has 72 valence electrons. The van der Waals surface area contributed by atoms with E-state index in [1.807, 2.05) is 31.2 Å². The molecule has 0 radical (unpaired) electrons. The van der Waals surface area contributed by atoms with Gasteiger partial charge in [0.1, 0.15) is 0 Å². The lowest BCUT2D eigenvalue weighted by Gasteiger charge is -1.97. The molecule has 0 aliphatic heterocycles. The summed E-state index contributed by atoms with van der Waals surface area (Å²) >= 11 is 3.40. The Morgan fingerprint density at radius 3 is 2.79 bits per heavy atom. The summed E-state index contributed by atoms with van der Waals surface area (Å²) in [4.78, 5) is 4.01. The molecule has 0 saturated carbocycles. The first-order valence-electron chi connectivity index (χ1n) is 4.15. The van der Waals surface area contributed by atoms with Gasteiger partial charge >= 0.3 is 0 Å². The van der Waals surface area contributed by atoms with Crippen molar-refractivity contribution in [2.45, 2.75) is 6.92 Å². The van der Waals surface area contributed by atoms with Crippen molar-refractivity contribution in [1.29, 1.82) is 0 Å². The van der Waals surface area contributed by atoms with Gasteiger partial charge in [-0.25, -0.2) is 0 Å². The Bertz CT molecular complexity index is 465. The van der Waals surface area contributed by atoms with E-state index in [1.54, 1.807) is 0 Å². The number of oxazole rings is 1. The Kier molecular flexibility index (Phi) is 2.29. The molecule has 0 saturated heterocycles. The van der Waals surface area contributed by atoms with Crippen LogP contribution in [0.3, 0.4) is 0 Å². The number of aryl methyl sites for hydroxylation is 1. The van der Waals surface area contributed by atoms with Crippen LogP contribution in [0.1, 0.15) is 5.69 Å². The number of hydrogen-bond acceptors (Lipinski definition) is 3. The van der Waals surface area contributed by atoms with Crippen molar-refractivity contribution in [2.75, 3.05) is 5.73 Å². The molecule has 3 nitrogen and oxygen atoms in total. The third kappa shape index (κ3) is 1.65. The minimum Gasteiger partial charge on any atom is -0.423 e. The topological polar surface area (TPSA) is 52.0 Å². The first-order valence-corrected chi connectivity index (χ1v) is 4.95. The van der Waals surface area contributed by atoms with E-state index in [4.69, 9.17) is 10.2 Å². The number of benzene rings is 1. The molecular weight excluding hydrogens is 244 g/mol. The molecule has 4 heteroatoms. The first-order chi connectivity index (χ1) is 6.66. The second-order valence-corrected chi connectivity index (χ2v) is 3.89. The van der Waals surface area contributed by atoms with Gasteiger partial charge in [-0.05, 0) is 19.1 Å². The number of rotatable bonds is 1. The molecule has 0 atom stereocenters. The molecule has 0 bridgehead atoms. The fourth-order valence-corrected chi connectivity index (χ4v) is 1.71. The maximum absolute atomic E-state index is 5.47. The molecule has 0 aliphatic rings. The fraction of sp³-hybridized carbons (Fsp3) is 0.100. The number of nitrogens with two attached hydrogens (primary N) is 1.